The van der Waals surface area contributed by atoms with Crippen LogP contribution in [0.3, 0.4) is 0 Å². The molecule has 4 heteroatoms. The Bertz CT molecular complexity index is 356. The van der Waals surface area contributed by atoms with Gasteiger partial charge in [-0.25, -0.2) is 0 Å². The average Bonchev–Trinajstić information content (AvgIpc) is 2.86. The van der Waals surface area contributed by atoms with Gasteiger partial charge in [0.2, 0.25) is 5.89 Å². The maximum absolute atomic E-state index is 6.05. The number of aromatic nitrogens is 2. The van der Waals surface area contributed by atoms with Gasteiger partial charge < -0.3 is 10.3 Å². The molecule has 0 amide bonds. The molecule has 2 N–H and O–H groups in total. The maximum atomic E-state index is 6.05. The molecule has 1 saturated carbocycles. The van der Waals surface area contributed by atoms with Gasteiger partial charge in [-0.1, -0.05) is 44.7 Å². The first-order chi connectivity index (χ1) is 8.70. The number of hydrogen-bond donors (Lipinski definition) is 1. The summed E-state index contributed by atoms with van der Waals surface area (Å²) in [6.07, 6.45) is 8.11. The molecule has 1 heterocycles. The van der Waals surface area contributed by atoms with Gasteiger partial charge in [-0.2, -0.15) is 4.98 Å². The Morgan fingerprint density at radius 2 is 2.06 bits per heavy atom. The van der Waals surface area contributed by atoms with Gasteiger partial charge in [0.1, 0.15) is 0 Å². The van der Waals surface area contributed by atoms with Gasteiger partial charge in [0, 0.05) is 5.92 Å². The lowest BCUT2D eigenvalue weighted by Crippen LogP contribution is -2.13. The second kappa shape index (κ2) is 6.32. The van der Waals surface area contributed by atoms with Crippen LogP contribution in [0.1, 0.15) is 82.5 Å². The lowest BCUT2D eigenvalue weighted by atomic mass is 9.83. The lowest BCUT2D eigenvalue weighted by molar-refractivity contribution is 0.317. The highest BCUT2D eigenvalue weighted by atomic mass is 16.5. The summed E-state index contributed by atoms with van der Waals surface area (Å²) in [4.78, 5) is 4.51. The van der Waals surface area contributed by atoms with Crippen LogP contribution >= 0.6 is 0 Å². The summed E-state index contributed by atoms with van der Waals surface area (Å²) in [5.74, 6) is 2.83. The molecule has 1 aromatic heterocycles. The van der Waals surface area contributed by atoms with E-state index in [9.17, 15) is 0 Å². The van der Waals surface area contributed by atoms with Gasteiger partial charge in [0.05, 0.1) is 6.04 Å². The first-order valence-corrected chi connectivity index (χ1v) is 7.29. The number of hydrogen-bond acceptors (Lipinski definition) is 4. The summed E-state index contributed by atoms with van der Waals surface area (Å²) in [7, 11) is 0. The molecular weight excluding hydrogens is 226 g/mol. The van der Waals surface area contributed by atoms with Gasteiger partial charge in [-0.15, -0.1) is 0 Å². The summed E-state index contributed by atoms with van der Waals surface area (Å²) < 4.78 is 5.32. The second-order valence-electron chi connectivity index (χ2n) is 5.70. The van der Waals surface area contributed by atoms with Crippen molar-refractivity contribution < 1.29 is 4.52 Å². The molecule has 0 aromatic carbocycles. The van der Waals surface area contributed by atoms with Crippen LogP contribution in [0, 0.1) is 5.92 Å². The van der Waals surface area contributed by atoms with Crippen molar-refractivity contribution >= 4 is 0 Å². The highest BCUT2D eigenvalue weighted by Crippen LogP contribution is 2.34. The van der Waals surface area contributed by atoms with E-state index in [-0.39, 0.29) is 6.04 Å². The maximum Gasteiger partial charge on any atom is 0.243 e. The number of nitrogens with zero attached hydrogens (tertiary/aromatic N) is 2. The van der Waals surface area contributed by atoms with E-state index in [2.05, 4.69) is 24.0 Å². The summed E-state index contributed by atoms with van der Waals surface area (Å²) in [6, 6.07) is -0.0892. The van der Waals surface area contributed by atoms with Gasteiger partial charge in [0.25, 0.3) is 0 Å². The summed E-state index contributed by atoms with van der Waals surface area (Å²) in [5, 5.41) is 4.13. The van der Waals surface area contributed by atoms with Crippen LogP contribution in [0.4, 0.5) is 0 Å². The molecule has 2 rings (SSSR count). The highest BCUT2D eigenvalue weighted by molar-refractivity contribution is 4.99. The largest absolute Gasteiger partial charge is 0.338 e. The van der Waals surface area contributed by atoms with Crippen molar-refractivity contribution in [2.24, 2.45) is 11.7 Å². The fraction of sp³-hybridized carbons (Fsp3) is 0.857. The molecule has 18 heavy (non-hydrogen) atoms. The minimum atomic E-state index is -0.0892. The number of rotatable bonds is 5. The smallest absolute Gasteiger partial charge is 0.243 e. The van der Waals surface area contributed by atoms with Crippen molar-refractivity contribution in [3.8, 4) is 0 Å². The zero-order valence-electron chi connectivity index (χ0n) is 11.6. The average molecular weight is 251 g/mol. The van der Waals surface area contributed by atoms with Crippen LogP contribution in [0.25, 0.3) is 0 Å². The van der Waals surface area contributed by atoms with E-state index in [1.165, 1.54) is 25.7 Å². The van der Waals surface area contributed by atoms with E-state index in [4.69, 9.17) is 10.3 Å². The van der Waals surface area contributed by atoms with Crippen LogP contribution in [-0.2, 0) is 0 Å². The monoisotopic (exact) mass is 251 g/mol. The van der Waals surface area contributed by atoms with Gasteiger partial charge in [-0.3, -0.25) is 0 Å². The van der Waals surface area contributed by atoms with Crippen molar-refractivity contribution in [2.75, 3.05) is 0 Å². The minimum absolute atomic E-state index is 0.0892. The van der Waals surface area contributed by atoms with E-state index in [0.717, 1.165) is 31.0 Å². The Morgan fingerprint density at radius 3 is 2.72 bits per heavy atom. The molecule has 1 atom stereocenters. The Morgan fingerprint density at radius 1 is 1.33 bits per heavy atom. The molecule has 0 bridgehead atoms. The van der Waals surface area contributed by atoms with Crippen LogP contribution in [0.15, 0.2) is 4.52 Å². The fourth-order valence-corrected chi connectivity index (χ4v) is 2.63. The van der Waals surface area contributed by atoms with Crippen molar-refractivity contribution in [1.82, 2.24) is 10.1 Å². The first kappa shape index (κ1) is 13.5. The Labute approximate surface area is 109 Å². The van der Waals surface area contributed by atoms with Crippen LogP contribution in [-0.4, -0.2) is 10.1 Å². The normalized spacial score (nSPS) is 26.2. The predicted molar refractivity (Wildman–Crippen MR) is 71.1 cm³/mol. The van der Waals surface area contributed by atoms with Crippen LogP contribution < -0.4 is 5.73 Å². The van der Waals surface area contributed by atoms with Crippen molar-refractivity contribution in [2.45, 2.75) is 70.8 Å². The van der Waals surface area contributed by atoms with Crippen molar-refractivity contribution in [1.29, 1.82) is 0 Å². The Hall–Kier alpha value is -0.900. The molecule has 0 saturated heterocycles. The third-order valence-electron chi connectivity index (χ3n) is 4.02. The summed E-state index contributed by atoms with van der Waals surface area (Å²) >= 11 is 0. The second-order valence-corrected chi connectivity index (χ2v) is 5.70. The molecule has 1 fully saturated rings. The van der Waals surface area contributed by atoms with Gasteiger partial charge in [-0.05, 0) is 25.2 Å². The third-order valence-corrected chi connectivity index (χ3v) is 4.02. The molecular formula is C14H25N3O. The molecule has 0 aliphatic heterocycles. The third kappa shape index (κ3) is 3.31. The Kier molecular flexibility index (Phi) is 4.75. The molecule has 1 aromatic rings. The quantitative estimate of drug-likeness (QED) is 0.869. The number of nitrogens with two attached hydrogens (primary N) is 1. The summed E-state index contributed by atoms with van der Waals surface area (Å²) in [5.41, 5.74) is 6.05. The SMILES string of the molecule is CCCC[C@H](N)c1nc(C2CCC(C)CC2)no1. The zero-order valence-corrected chi connectivity index (χ0v) is 11.6. The molecule has 0 spiro atoms. The Balaban J connectivity index is 1.93. The fourth-order valence-electron chi connectivity index (χ4n) is 2.63. The van der Waals surface area contributed by atoms with Crippen LogP contribution in [0.5, 0.6) is 0 Å². The van der Waals surface area contributed by atoms with E-state index in [0.29, 0.717) is 11.8 Å². The molecule has 4 nitrogen and oxygen atoms in total. The lowest BCUT2D eigenvalue weighted by Gasteiger charge is -2.23. The van der Waals surface area contributed by atoms with Crippen molar-refractivity contribution in [3.05, 3.63) is 11.7 Å². The topological polar surface area (TPSA) is 64.9 Å². The molecule has 102 valence electrons. The minimum Gasteiger partial charge on any atom is -0.338 e. The van der Waals surface area contributed by atoms with E-state index >= 15 is 0 Å². The van der Waals surface area contributed by atoms with E-state index in [1.54, 1.807) is 0 Å². The van der Waals surface area contributed by atoms with E-state index < -0.39 is 0 Å². The van der Waals surface area contributed by atoms with Gasteiger partial charge >= 0.3 is 0 Å². The van der Waals surface area contributed by atoms with Gasteiger partial charge in [0.15, 0.2) is 5.82 Å². The predicted octanol–water partition coefficient (Wildman–Crippen LogP) is 3.55. The molecule has 1 aliphatic rings. The number of unbranched alkanes of at least 4 members (excludes halogenated alkanes) is 1. The van der Waals surface area contributed by atoms with Crippen molar-refractivity contribution in [3.63, 3.8) is 0 Å². The van der Waals surface area contributed by atoms with E-state index in [1.807, 2.05) is 0 Å². The zero-order chi connectivity index (χ0) is 13.0. The molecule has 0 radical (unpaired) electrons. The first-order valence-electron chi connectivity index (χ1n) is 7.29. The van der Waals surface area contributed by atoms with Crippen LogP contribution in [0.2, 0.25) is 0 Å². The molecule has 1 aliphatic carbocycles. The molecule has 0 unspecified atom stereocenters. The standard InChI is InChI=1S/C14H25N3O/c1-3-4-5-12(15)14-16-13(17-18-14)11-8-6-10(2)7-9-11/h10-12H,3-9,15H2,1-2H3/t10?,11?,12-/m0/s1. The highest BCUT2D eigenvalue weighted by Gasteiger charge is 2.25. The summed E-state index contributed by atoms with van der Waals surface area (Å²) in [6.45, 7) is 4.48.